The molecule has 1 aliphatic heterocycles. The molecule has 1 aliphatic rings. The highest BCUT2D eigenvalue weighted by Crippen LogP contribution is 2.28. The van der Waals surface area contributed by atoms with Gasteiger partial charge in [0.05, 0.1) is 36.4 Å². The van der Waals surface area contributed by atoms with Gasteiger partial charge in [-0.3, -0.25) is 9.69 Å². The third kappa shape index (κ3) is 5.75. The number of benzene rings is 2. The number of allylic oxidation sites excluding steroid dienone is 2. The van der Waals surface area contributed by atoms with Crippen molar-refractivity contribution in [1.82, 2.24) is 14.5 Å². The fourth-order valence-corrected chi connectivity index (χ4v) is 5.24. The number of hydrogen-bond donors (Lipinski definition) is 1. The largest absolute Gasteiger partial charge is 0.495 e. The molecule has 1 atom stereocenters. The second-order valence-corrected chi connectivity index (χ2v) is 9.83. The molecule has 1 aromatic heterocycles. The lowest BCUT2D eigenvalue weighted by Gasteiger charge is -2.32. The Balaban J connectivity index is 1.68. The molecule has 0 radical (unpaired) electrons. The molecule has 2 aromatic carbocycles. The van der Waals surface area contributed by atoms with Gasteiger partial charge in [-0.2, -0.15) is 0 Å². The number of halogens is 1. The highest BCUT2D eigenvalue weighted by Gasteiger charge is 2.21. The summed E-state index contributed by atoms with van der Waals surface area (Å²) in [7, 11) is 1.62. The van der Waals surface area contributed by atoms with Crippen LogP contribution in [0, 0.1) is 0 Å². The van der Waals surface area contributed by atoms with E-state index in [-0.39, 0.29) is 5.78 Å². The topological polar surface area (TPSA) is 82.6 Å². The minimum Gasteiger partial charge on any atom is -0.495 e. The van der Waals surface area contributed by atoms with Crippen molar-refractivity contribution in [1.29, 1.82) is 0 Å². The number of aromatic nitrogens is 2. The first-order valence-corrected chi connectivity index (χ1v) is 12.8. The lowest BCUT2D eigenvalue weighted by atomic mass is 10.0. The molecule has 3 aromatic rings. The maximum atomic E-state index is 12.2. The number of rotatable bonds is 9. The van der Waals surface area contributed by atoms with E-state index in [1.807, 2.05) is 30.3 Å². The van der Waals surface area contributed by atoms with Gasteiger partial charge in [0.25, 0.3) is 0 Å². The van der Waals surface area contributed by atoms with Crippen LogP contribution in [-0.4, -0.2) is 59.7 Å². The Bertz CT molecular complexity index is 1270. The van der Waals surface area contributed by atoms with Gasteiger partial charge in [-0.15, -0.1) is 0 Å². The Labute approximate surface area is 217 Å². The summed E-state index contributed by atoms with van der Waals surface area (Å²) < 4.78 is 13.1. The molecular weight excluding hydrogens is 476 g/mol. The Morgan fingerprint density at radius 2 is 1.92 bits per heavy atom. The van der Waals surface area contributed by atoms with Crippen LogP contribution in [0.15, 0.2) is 42.1 Å². The Morgan fingerprint density at radius 1 is 1.17 bits per heavy atom. The summed E-state index contributed by atoms with van der Waals surface area (Å²) in [6.07, 6.45) is 1.56. The van der Waals surface area contributed by atoms with Gasteiger partial charge in [-0.1, -0.05) is 23.7 Å². The average molecular weight is 511 g/mol. The average Bonchev–Trinajstić information content (AvgIpc) is 3.19. The summed E-state index contributed by atoms with van der Waals surface area (Å²) >= 11 is 6.36. The normalized spacial score (nSPS) is 16.1. The molecule has 0 aliphatic carbocycles. The number of nitrogens with two attached hydrogens (primary N) is 1. The zero-order chi connectivity index (χ0) is 25.8. The second kappa shape index (κ2) is 11.5. The molecule has 2 N–H and O–H groups in total. The number of imidazole rings is 1. The fourth-order valence-electron chi connectivity index (χ4n) is 4.96. The first kappa shape index (κ1) is 26.2. The SMILES string of the molecule is COc1ccc(CCc2nc3cc(C(C(C)=O)=C(C)N)ccc3n2C[C@H](C)N2CCOCC2)cc1Cl. The van der Waals surface area contributed by atoms with E-state index in [1.54, 1.807) is 21.0 Å². The highest BCUT2D eigenvalue weighted by molar-refractivity contribution is 6.32. The van der Waals surface area contributed by atoms with Crippen LogP contribution in [0.1, 0.15) is 37.7 Å². The predicted octanol–water partition coefficient (Wildman–Crippen LogP) is 4.48. The van der Waals surface area contributed by atoms with Crippen molar-refractivity contribution in [2.24, 2.45) is 5.73 Å². The summed E-state index contributed by atoms with van der Waals surface area (Å²) in [5.41, 5.74) is 10.9. The quantitative estimate of drug-likeness (QED) is 0.427. The predicted molar refractivity (Wildman–Crippen MR) is 144 cm³/mol. The van der Waals surface area contributed by atoms with Gasteiger partial charge in [0.2, 0.25) is 0 Å². The molecule has 0 unspecified atom stereocenters. The van der Waals surface area contributed by atoms with Crippen molar-refractivity contribution in [3.05, 3.63) is 64.1 Å². The number of nitrogens with zero attached hydrogens (tertiary/aromatic N) is 3. The number of aryl methyl sites for hydroxylation is 2. The lowest BCUT2D eigenvalue weighted by Crippen LogP contribution is -2.44. The molecular formula is C28H35ClN4O3. The van der Waals surface area contributed by atoms with Crippen molar-refractivity contribution in [2.45, 2.75) is 46.2 Å². The summed E-state index contributed by atoms with van der Waals surface area (Å²) in [6.45, 7) is 9.77. The van der Waals surface area contributed by atoms with Crippen molar-refractivity contribution in [2.75, 3.05) is 33.4 Å². The maximum Gasteiger partial charge on any atom is 0.162 e. The van der Waals surface area contributed by atoms with E-state index in [0.29, 0.717) is 28.1 Å². The van der Waals surface area contributed by atoms with Crippen molar-refractivity contribution >= 4 is 34.0 Å². The smallest absolute Gasteiger partial charge is 0.162 e. The number of Topliss-reactive ketones (excluding diaryl/α,β-unsaturated/α-hetero) is 1. The number of ether oxygens (including phenoxy) is 2. The molecule has 4 rings (SSSR count). The first-order valence-electron chi connectivity index (χ1n) is 12.4. The number of carbonyl (C=O) groups is 1. The number of hydrogen-bond acceptors (Lipinski definition) is 6. The summed E-state index contributed by atoms with van der Waals surface area (Å²) in [4.78, 5) is 19.7. The molecule has 0 amide bonds. The molecule has 0 bridgehead atoms. The van der Waals surface area contributed by atoms with Crippen molar-refractivity contribution < 1.29 is 14.3 Å². The van der Waals surface area contributed by atoms with Crippen LogP contribution in [0.2, 0.25) is 5.02 Å². The van der Waals surface area contributed by atoms with E-state index in [0.717, 1.165) is 73.7 Å². The van der Waals surface area contributed by atoms with E-state index < -0.39 is 0 Å². The molecule has 1 saturated heterocycles. The van der Waals surface area contributed by atoms with Gasteiger partial charge in [-0.05, 0) is 62.6 Å². The number of carbonyl (C=O) groups excluding carboxylic acids is 1. The maximum absolute atomic E-state index is 12.2. The first-order chi connectivity index (χ1) is 17.3. The Morgan fingerprint density at radius 3 is 2.56 bits per heavy atom. The second-order valence-electron chi connectivity index (χ2n) is 9.42. The highest BCUT2D eigenvalue weighted by atomic mass is 35.5. The molecule has 192 valence electrons. The molecule has 7 nitrogen and oxygen atoms in total. The molecule has 0 saturated carbocycles. The summed E-state index contributed by atoms with van der Waals surface area (Å²) in [5, 5.41) is 0.606. The van der Waals surface area contributed by atoms with Crippen LogP contribution in [0.25, 0.3) is 16.6 Å². The number of fused-ring (bicyclic) bond motifs is 1. The number of morpholine rings is 1. The van der Waals surface area contributed by atoms with Crippen LogP contribution in [0.3, 0.4) is 0 Å². The molecule has 36 heavy (non-hydrogen) atoms. The van der Waals surface area contributed by atoms with E-state index in [1.165, 1.54) is 0 Å². The van der Waals surface area contributed by atoms with Crippen molar-refractivity contribution in [3.63, 3.8) is 0 Å². The minimum atomic E-state index is -0.0497. The Kier molecular flexibility index (Phi) is 8.34. The minimum absolute atomic E-state index is 0.0497. The van der Waals surface area contributed by atoms with Gasteiger partial charge in [0.1, 0.15) is 11.6 Å². The number of methoxy groups -OCH3 is 1. The zero-order valence-corrected chi connectivity index (χ0v) is 22.3. The van der Waals surface area contributed by atoms with E-state index in [9.17, 15) is 4.79 Å². The van der Waals surface area contributed by atoms with Gasteiger partial charge in [0.15, 0.2) is 5.78 Å². The summed E-state index contributed by atoms with van der Waals surface area (Å²) in [6, 6.07) is 12.2. The Hall–Kier alpha value is -2.87. The van der Waals surface area contributed by atoms with Crippen LogP contribution in [-0.2, 0) is 28.9 Å². The van der Waals surface area contributed by atoms with E-state index in [2.05, 4.69) is 22.5 Å². The van der Waals surface area contributed by atoms with Gasteiger partial charge in [-0.25, -0.2) is 4.98 Å². The van der Waals surface area contributed by atoms with Crippen LogP contribution in [0.4, 0.5) is 0 Å². The third-order valence-electron chi connectivity index (χ3n) is 6.83. The van der Waals surface area contributed by atoms with Crippen LogP contribution >= 0.6 is 11.6 Å². The molecule has 0 spiro atoms. The van der Waals surface area contributed by atoms with Crippen molar-refractivity contribution in [3.8, 4) is 5.75 Å². The van der Waals surface area contributed by atoms with E-state index in [4.69, 9.17) is 31.8 Å². The number of ketones is 1. The van der Waals surface area contributed by atoms with Gasteiger partial charge < -0.3 is 19.8 Å². The standard InChI is InChI=1S/C28H35ClN4O3/c1-18(32-11-13-36-14-12-32)17-33-25-8-7-22(28(19(2)30)20(3)34)16-24(25)31-27(33)10-6-21-5-9-26(35-4)23(29)15-21/h5,7-9,15-16,18H,6,10-14,17,30H2,1-4H3/t18-/m0/s1. The summed E-state index contributed by atoms with van der Waals surface area (Å²) in [5.74, 6) is 1.63. The van der Waals surface area contributed by atoms with Gasteiger partial charge >= 0.3 is 0 Å². The van der Waals surface area contributed by atoms with Crippen LogP contribution in [0.5, 0.6) is 5.75 Å². The van der Waals surface area contributed by atoms with E-state index >= 15 is 0 Å². The molecule has 2 heterocycles. The molecule has 1 fully saturated rings. The van der Waals surface area contributed by atoms with Crippen LogP contribution < -0.4 is 10.5 Å². The third-order valence-corrected chi connectivity index (χ3v) is 7.13. The fraction of sp³-hybridized carbons (Fsp3) is 0.429. The monoisotopic (exact) mass is 510 g/mol. The van der Waals surface area contributed by atoms with Gasteiger partial charge in [0, 0.05) is 43.4 Å². The zero-order valence-electron chi connectivity index (χ0n) is 21.5. The molecule has 8 heteroatoms. The lowest BCUT2D eigenvalue weighted by molar-refractivity contribution is -0.111.